The molecule has 0 radical (unpaired) electrons. The van der Waals surface area contributed by atoms with Crippen LogP contribution in [0.3, 0.4) is 0 Å². The predicted octanol–water partition coefficient (Wildman–Crippen LogP) is 4.47. The summed E-state index contributed by atoms with van der Waals surface area (Å²) in [4.78, 5) is 0. The normalized spacial score (nSPS) is 10.1. The third-order valence-corrected chi connectivity index (χ3v) is 3.62. The van der Waals surface area contributed by atoms with Gasteiger partial charge in [-0.05, 0) is 41.3 Å². The van der Waals surface area contributed by atoms with Crippen LogP contribution < -0.4 is 5.30 Å². The summed E-state index contributed by atoms with van der Waals surface area (Å²) in [6, 6.07) is 4.61. The molecule has 0 N–H and O–H groups in total. The van der Waals surface area contributed by atoms with Crippen LogP contribution in [0.25, 0.3) is 0 Å². The molecule has 0 bridgehead atoms. The standard InChI is InChI=1S/C15H25P.ClH/c1-4-7-12-10-11-15(16)14(9-6-3)13(12)8-5-2;/h10-11H,4-9,16H2,1-3H3;1H. The highest BCUT2D eigenvalue weighted by atomic mass is 35.5. The molecule has 17 heavy (non-hydrogen) atoms. The number of aryl methyl sites for hydroxylation is 1. The van der Waals surface area contributed by atoms with Gasteiger partial charge in [-0.15, -0.1) is 21.6 Å². The van der Waals surface area contributed by atoms with E-state index >= 15 is 0 Å². The summed E-state index contributed by atoms with van der Waals surface area (Å²) in [6.07, 6.45) is 7.45. The Hall–Kier alpha value is -0.0600. The Morgan fingerprint density at radius 2 is 1.35 bits per heavy atom. The van der Waals surface area contributed by atoms with Gasteiger partial charge in [-0.1, -0.05) is 52.2 Å². The van der Waals surface area contributed by atoms with Crippen molar-refractivity contribution in [3.63, 3.8) is 0 Å². The largest absolute Gasteiger partial charge is 0.147 e. The molecule has 98 valence electrons. The molecule has 0 heterocycles. The molecule has 0 saturated heterocycles. The minimum atomic E-state index is 0. The smallest absolute Gasteiger partial charge is 0.0268 e. The zero-order valence-electron chi connectivity index (χ0n) is 11.4. The van der Waals surface area contributed by atoms with Crippen molar-refractivity contribution in [2.45, 2.75) is 59.3 Å². The number of halogens is 1. The maximum absolute atomic E-state index is 2.90. The zero-order chi connectivity index (χ0) is 12.0. The first kappa shape index (κ1) is 16.9. The van der Waals surface area contributed by atoms with Crippen LogP contribution >= 0.6 is 21.6 Å². The highest BCUT2D eigenvalue weighted by molar-refractivity contribution is 7.27. The molecule has 0 saturated carbocycles. The first-order valence-electron chi connectivity index (χ1n) is 6.63. The number of rotatable bonds is 6. The molecule has 0 aliphatic heterocycles. The van der Waals surface area contributed by atoms with Crippen LogP contribution in [0.5, 0.6) is 0 Å². The second-order valence-corrected chi connectivity index (χ2v) is 5.14. The van der Waals surface area contributed by atoms with Crippen LogP contribution in [0.15, 0.2) is 12.1 Å². The average molecular weight is 273 g/mol. The molecule has 0 aliphatic rings. The van der Waals surface area contributed by atoms with Gasteiger partial charge in [0.05, 0.1) is 0 Å². The summed E-state index contributed by atoms with van der Waals surface area (Å²) >= 11 is 0. The Kier molecular flexibility index (Phi) is 8.92. The van der Waals surface area contributed by atoms with E-state index in [1.54, 1.807) is 16.7 Å². The topological polar surface area (TPSA) is 0 Å². The van der Waals surface area contributed by atoms with Crippen LogP contribution in [0.4, 0.5) is 0 Å². The van der Waals surface area contributed by atoms with Gasteiger partial charge >= 0.3 is 0 Å². The molecule has 0 aliphatic carbocycles. The van der Waals surface area contributed by atoms with Gasteiger partial charge in [0.25, 0.3) is 0 Å². The van der Waals surface area contributed by atoms with Crippen molar-refractivity contribution in [3.05, 3.63) is 28.8 Å². The number of hydrogen-bond acceptors (Lipinski definition) is 0. The van der Waals surface area contributed by atoms with Crippen molar-refractivity contribution in [3.8, 4) is 0 Å². The van der Waals surface area contributed by atoms with E-state index in [1.807, 2.05) is 0 Å². The van der Waals surface area contributed by atoms with Crippen LogP contribution in [0.1, 0.15) is 56.7 Å². The Morgan fingerprint density at radius 1 is 0.824 bits per heavy atom. The van der Waals surface area contributed by atoms with Crippen molar-refractivity contribution in [1.29, 1.82) is 0 Å². The molecule has 1 aromatic carbocycles. The molecular weight excluding hydrogens is 247 g/mol. The van der Waals surface area contributed by atoms with Crippen molar-refractivity contribution in [2.75, 3.05) is 0 Å². The summed E-state index contributed by atoms with van der Waals surface area (Å²) in [7, 11) is 2.90. The molecular formula is C15H26ClP. The Labute approximate surface area is 115 Å². The van der Waals surface area contributed by atoms with E-state index in [4.69, 9.17) is 0 Å². The van der Waals surface area contributed by atoms with Crippen molar-refractivity contribution >= 4 is 27.0 Å². The summed E-state index contributed by atoms with van der Waals surface area (Å²) in [5.74, 6) is 0. The summed E-state index contributed by atoms with van der Waals surface area (Å²) in [6.45, 7) is 6.82. The second kappa shape index (κ2) is 8.95. The van der Waals surface area contributed by atoms with Gasteiger partial charge < -0.3 is 0 Å². The van der Waals surface area contributed by atoms with E-state index in [2.05, 4.69) is 42.1 Å². The number of benzene rings is 1. The number of hydrogen-bond donors (Lipinski definition) is 0. The fraction of sp³-hybridized carbons (Fsp3) is 0.600. The minimum absolute atomic E-state index is 0. The lowest BCUT2D eigenvalue weighted by molar-refractivity contribution is 0.829. The van der Waals surface area contributed by atoms with Crippen LogP contribution in [0, 0.1) is 0 Å². The molecule has 2 heteroatoms. The third-order valence-electron chi connectivity index (χ3n) is 3.08. The van der Waals surface area contributed by atoms with Gasteiger partial charge in [0.2, 0.25) is 0 Å². The SMILES string of the molecule is CCCc1ccc(P)c(CCC)c1CCC.Cl. The van der Waals surface area contributed by atoms with E-state index in [0.29, 0.717) is 0 Å². The fourth-order valence-corrected chi connectivity index (χ4v) is 2.78. The lowest BCUT2D eigenvalue weighted by Gasteiger charge is -2.16. The third kappa shape index (κ3) is 4.60. The van der Waals surface area contributed by atoms with E-state index in [9.17, 15) is 0 Å². The highest BCUT2D eigenvalue weighted by Gasteiger charge is 2.09. The molecule has 1 aromatic rings. The monoisotopic (exact) mass is 272 g/mol. The lowest BCUT2D eigenvalue weighted by Crippen LogP contribution is -2.10. The second-order valence-electron chi connectivity index (χ2n) is 4.52. The summed E-state index contributed by atoms with van der Waals surface area (Å²) < 4.78 is 0. The minimum Gasteiger partial charge on any atom is -0.147 e. The van der Waals surface area contributed by atoms with E-state index in [-0.39, 0.29) is 12.4 Å². The van der Waals surface area contributed by atoms with Crippen molar-refractivity contribution < 1.29 is 0 Å². The van der Waals surface area contributed by atoms with Crippen LogP contribution in [-0.2, 0) is 19.3 Å². The highest BCUT2D eigenvalue weighted by Crippen LogP contribution is 2.20. The molecule has 0 spiro atoms. The first-order valence-corrected chi connectivity index (χ1v) is 7.21. The van der Waals surface area contributed by atoms with Gasteiger partial charge in [-0.25, -0.2) is 0 Å². The predicted molar refractivity (Wildman–Crippen MR) is 85.0 cm³/mol. The van der Waals surface area contributed by atoms with E-state index < -0.39 is 0 Å². The molecule has 1 unspecified atom stereocenters. The van der Waals surface area contributed by atoms with E-state index in [0.717, 1.165) is 0 Å². The first-order chi connectivity index (χ1) is 7.74. The van der Waals surface area contributed by atoms with Crippen LogP contribution in [0.2, 0.25) is 0 Å². The Balaban J connectivity index is 0.00000256. The zero-order valence-corrected chi connectivity index (χ0v) is 13.4. The van der Waals surface area contributed by atoms with Gasteiger partial charge in [-0.2, -0.15) is 0 Å². The van der Waals surface area contributed by atoms with Gasteiger partial charge in [0.15, 0.2) is 0 Å². The summed E-state index contributed by atoms with van der Waals surface area (Å²) in [5.41, 5.74) is 4.82. The van der Waals surface area contributed by atoms with Crippen molar-refractivity contribution in [1.82, 2.24) is 0 Å². The molecule has 0 nitrogen and oxygen atoms in total. The van der Waals surface area contributed by atoms with Gasteiger partial charge in [0, 0.05) is 0 Å². The molecule has 0 amide bonds. The Morgan fingerprint density at radius 3 is 1.88 bits per heavy atom. The maximum atomic E-state index is 2.90. The quantitative estimate of drug-likeness (QED) is 0.671. The molecule has 0 fully saturated rings. The van der Waals surface area contributed by atoms with Gasteiger partial charge in [0.1, 0.15) is 0 Å². The van der Waals surface area contributed by atoms with Crippen molar-refractivity contribution in [2.24, 2.45) is 0 Å². The lowest BCUT2D eigenvalue weighted by atomic mass is 9.92. The Bertz CT molecular complexity index is 334. The summed E-state index contributed by atoms with van der Waals surface area (Å²) in [5, 5.41) is 1.41. The maximum Gasteiger partial charge on any atom is -0.0268 e. The van der Waals surface area contributed by atoms with Gasteiger partial charge in [-0.3, -0.25) is 0 Å². The average Bonchev–Trinajstić information content (AvgIpc) is 2.27. The van der Waals surface area contributed by atoms with E-state index in [1.165, 1.54) is 43.8 Å². The molecule has 1 rings (SSSR count). The fourth-order valence-electron chi connectivity index (χ4n) is 2.37. The van der Waals surface area contributed by atoms with Crippen LogP contribution in [-0.4, -0.2) is 0 Å². The molecule has 0 aromatic heterocycles. The molecule has 1 atom stereocenters.